The maximum absolute atomic E-state index is 14.6. The maximum atomic E-state index is 14.6. The van der Waals surface area contributed by atoms with Crippen LogP contribution < -0.4 is 21.3 Å². The van der Waals surface area contributed by atoms with Gasteiger partial charge in [-0.05, 0) is 68.1 Å². The standard InChI is InChI=1S/C36H53N7O6/c1-5-10-25(29(44)34(48)39-23-15-16-23)40-33(47)28-24-14-9-13-22(24)20-43(28)35(49)30(36(2,3)4)42-32(46)27(21-11-7-6-8-12-21)41-31(45)26-19-37-17-18-38-26/h17-19,21-25,27-28,30H,5-16,20H2,1-4H3,(H,39,48)(H,40,47)(H,41,45)(H,42,46)/t22-,24-,25-,27+,28+,30-/m0/s1. The van der Waals surface area contributed by atoms with Gasteiger partial charge in [-0.15, -0.1) is 0 Å². The minimum atomic E-state index is -0.994. The minimum Gasteiger partial charge on any atom is -0.347 e. The summed E-state index contributed by atoms with van der Waals surface area (Å²) in [4.78, 5) is 91.4. The molecular formula is C36H53N7O6. The summed E-state index contributed by atoms with van der Waals surface area (Å²) in [6.07, 6.45) is 13.9. The van der Waals surface area contributed by atoms with E-state index in [1.807, 2.05) is 27.7 Å². The Labute approximate surface area is 288 Å². The number of rotatable bonds is 13. The number of carbonyl (C=O) groups excluding carboxylic acids is 6. The lowest BCUT2D eigenvalue weighted by atomic mass is 9.82. The van der Waals surface area contributed by atoms with Crippen LogP contribution >= 0.6 is 0 Å². The van der Waals surface area contributed by atoms with E-state index in [4.69, 9.17) is 0 Å². The molecule has 0 unspecified atom stereocenters. The van der Waals surface area contributed by atoms with Crippen molar-refractivity contribution in [2.75, 3.05) is 6.54 Å². The molecule has 5 amide bonds. The molecule has 0 radical (unpaired) electrons. The number of carbonyl (C=O) groups is 6. The highest BCUT2D eigenvalue weighted by Gasteiger charge is 2.52. The maximum Gasteiger partial charge on any atom is 0.289 e. The molecule has 2 heterocycles. The summed E-state index contributed by atoms with van der Waals surface area (Å²) < 4.78 is 0. The van der Waals surface area contributed by atoms with Gasteiger partial charge >= 0.3 is 0 Å². The van der Waals surface area contributed by atoms with Crippen molar-refractivity contribution in [3.05, 3.63) is 24.3 Å². The van der Waals surface area contributed by atoms with Crippen molar-refractivity contribution < 1.29 is 28.8 Å². The molecule has 4 N–H and O–H groups in total. The molecule has 4 aliphatic rings. The van der Waals surface area contributed by atoms with E-state index >= 15 is 0 Å². The number of nitrogens with one attached hydrogen (secondary N) is 4. The van der Waals surface area contributed by atoms with E-state index in [2.05, 4.69) is 31.2 Å². The van der Waals surface area contributed by atoms with Crippen LogP contribution in [0.2, 0.25) is 0 Å². The topological polar surface area (TPSA) is 180 Å². The molecule has 5 rings (SSSR count). The van der Waals surface area contributed by atoms with E-state index in [-0.39, 0.29) is 35.4 Å². The molecule has 49 heavy (non-hydrogen) atoms. The molecule has 3 aliphatic carbocycles. The average Bonchev–Trinajstić information content (AvgIpc) is 3.65. The molecule has 3 saturated carbocycles. The van der Waals surface area contributed by atoms with Crippen molar-refractivity contribution >= 4 is 35.3 Å². The molecule has 268 valence electrons. The molecule has 13 nitrogen and oxygen atoms in total. The number of nitrogens with zero attached hydrogens (tertiary/aromatic N) is 3. The number of hydrogen-bond donors (Lipinski definition) is 4. The molecular weight excluding hydrogens is 626 g/mol. The first-order chi connectivity index (χ1) is 23.4. The third-order valence-corrected chi connectivity index (χ3v) is 10.7. The van der Waals surface area contributed by atoms with Crippen molar-refractivity contribution in [3.63, 3.8) is 0 Å². The van der Waals surface area contributed by atoms with Crippen LogP contribution in [0.25, 0.3) is 0 Å². The summed E-state index contributed by atoms with van der Waals surface area (Å²) in [5, 5.41) is 11.5. The first-order valence-corrected chi connectivity index (χ1v) is 18.2. The number of fused-ring (bicyclic) bond motifs is 1. The van der Waals surface area contributed by atoms with Gasteiger partial charge in [0.05, 0.1) is 12.2 Å². The molecule has 4 fully saturated rings. The smallest absolute Gasteiger partial charge is 0.289 e. The van der Waals surface area contributed by atoms with Crippen molar-refractivity contribution in [1.29, 1.82) is 0 Å². The Morgan fingerprint density at radius 2 is 1.63 bits per heavy atom. The van der Waals surface area contributed by atoms with Crippen molar-refractivity contribution in [3.8, 4) is 0 Å². The number of aromatic nitrogens is 2. The van der Waals surface area contributed by atoms with Gasteiger partial charge in [-0.2, -0.15) is 0 Å². The van der Waals surface area contributed by atoms with Gasteiger partial charge in [0.15, 0.2) is 0 Å². The van der Waals surface area contributed by atoms with Crippen molar-refractivity contribution in [1.82, 2.24) is 36.1 Å². The fourth-order valence-corrected chi connectivity index (χ4v) is 7.87. The molecule has 1 aromatic rings. The molecule has 6 atom stereocenters. The second-order valence-corrected chi connectivity index (χ2v) is 15.5. The van der Waals surface area contributed by atoms with Gasteiger partial charge in [0.25, 0.3) is 11.8 Å². The fourth-order valence-electron chi connectivity index (χ4n) is 7.87. The lowest BCUT2D eigenvalue weighted by molar-refractivity contribution is -0.146. The van der Waals surface area contributed by atoms with Gasteiger partial charge in [-0.3, -0.25) is 33.8 Å². The Morgan fingerprint density at radius 3 is 2.27 bits per heavy atom. The second-order valence-electron chi connectivity index (χ2n) is 15.5. The Bertz CT molecular complexity index is 1390. The third-order valence-electron chi connectivity index (χ3n) is 10.7. The van der Waals surface area contributed by atoms with Crippen LogP contribution in [0.4, 0.5) is 0 Å². The first-order valence-electron chi connectivity index (χ1n) is 18.2. The lowest BCUT2D eigenvalue weighted by Gasteiger charge is -2.38. The zero-order valence-corrected chi connectivity index (χ0v) is 29.3. The highest BCUT2D eigenvalue weighted by molar-refractivity contribution is 6.38. The van der Waals surface area contributed by atoms with Crippen LogP contribution in [0.3, 0.4) is 0 Å². The molecule has 0 bridgehead atoms. The normalized spacial score (nSPS) is 24.2. The van der Waals surface area contributed by atoms with Crippen LogP contribution in [0.1, 0.15) is 115 Å². The zero-order chi connectivity index (χ0) is 35.3. The highest BCUT2D eigenvalue weighted by Crippen LogP contribution is 2.43. The van der Waals surface area contributed by atoms with Gasteiger partial charge in [0, 0.05) is 25.0 Å². The van der Waals surface area contributed by atoms with Gasteiger partial charge < -0.3 is 26.2 Å². The van der Waals surface area contributed by atoms with E-state index < -0.39 is 59.0 Å². The Hall–Kier alpha value is -3.90. The van der Waals surface area contributed by atoms with Crippen molar-refractivity contribution in [2.24, 2.45) is 23.2 Å². The number of amides is 5. The third kappa shape index (κ3) is 8.83. The van der Waals surface area contributed by atoms with Crippen LogP contribution in [0.15, 0.2) is 18.6 Å². The summed E-state index contributed by atoms with van der Waals surface area (Å²) in [5.74, 6) is -3.20. The number of likely N-dealkylation sites (tertiary alicyclic amines) is 1. The largest absolute Gasteiger partial charge is 0.347 e. The summed E-state index contributed by atoms with van der Waals surface area (Å²) in [6.45, 7) is 7.85. The molecule has 13 heteroatoms. The Kier molecular flexibility index (Phi) is 11.7. The zero-order valence-electron chi connectivity index (χ0n) is 29.3. The summed E-state index contributed by atoms with van der Waals surface area (Å²) in [5.41, 5.74) is -0.638. The summed E-state index contributed by atoms with van der Waals surface area (Å²) in [6, 6.07) is -3.68. The first kappa shape index (κ1) is 36.4. The van der Waals surface area contributed by atoms with Crippen LogP contribution in [-0.4, -0.2) is 86.9 Å². The van der Waals surface area contributed by atoms with Gasteiger partial charge in [0.2, 0.25) is 23.5 Å². The lowest BCUT2D eigenvalue weighted by Crippen LogP contribution is -2.62. The average molecular weight is 680 g/mol. The Balaban J connectivity index is 1.36. The van der Waals surface area contributed by atoms with Gasteiger partial charge in [0.1, 0.15) is 23.8 Å². The molecule has 0 spiro atoms. The van der Waals surface area contributed by atoms with E-state index in [1.165, 1.54) is 18.6 Å². The van der Waals surface area contributed by atoms with E-state index in [9.17, 15) is 28.8 Å². The number of Topliss-reactive ketones (excluding diaryl/α,β-unsaturated/α-hetero) is 1. The van der Waals surface area contributed by atoms with Crippen molar-refractivity contribution in [2.45, 2.75) is 135 Å². The van der Waals surface area contributed by atoms with E-state index in [0.29, 0.717) is 19.4 Å². The fraction of sp³-hybridized carbons (Fsp3) is 0.722. The van der Waals surface area contributed by atoms with Crippen LogP contribution in [0.5, 0.6) is 0 Å². The molecule has 0 aromatic carbocycles. The second kappa shape index (κ2) is 15.8. The Morgan fingerprint density at radius 1 is 0.898 bits per heavy atom. The molecule has 1 saturated heterocycles. The van der Waals surface area contributed by atoms with E-state index in [0.717, 1.165) is 64.2 Å². The predicted molar refractivity (Wildman–Crippen MR) is 181 cm³/mol. The van der Waals surface area contributed by atoms with Crippen LogP contribution in [-0.2, 0) is 24.0 Å². The summed E-state index contributed by atoms with van der Waals surface area (Å²) in [7, 11) is 0. The molecule has 1 aliphatic heterocycles. The molecule has 1 aromatic heterocycles. The SMILES string of the molecule is CCC[C@H](NC(=O)[C@H]1[C@H]2CCC[C@H]2CN1C(=O)[C@H](NC(=O)[C@H](NC(=O)c1cnccn1)C1CCCCC1)C(C)(C)C)C(=O)C(=O)NC1CC1. The van der Waals surface area contributed by atoms with Gasteiger partial charge in [-0.1, -0.05) is 59.8 Å². The number of hydrogen-bond acceptors (Lipinski definition) is 8. The van der Waals surface area contributed by atoms with E-state index in [1.54, 1.807) is 4.90 Å². The highest BCUT2D eigenvalue weighted by atomic mass is 16.2. The predicted octanol–water partition coefficient (Wildman–Crippen LogP) is 2.45. The number of ketones is 1. The minimum absolute atomic E-state index is 0.0132. The van der Waals surface area contributed by atoms with Gasteiger partial charge in [-0.25, -0.2) is 4.98 Å². The monoisotopic (exact) mass is 679 g/mol. The van der Waals surface area contributed by atoms with Crippen LogP contribution in [0, 0.1) is 23.2 Å². The summed E-state index contributed by atoms with van der Waals surface area (Å²) >= 11 is 0. The quantitative estimate of drug-likeness (QED) is 0.230.